The van der Waals surface area contributed by atoms with Crippen molar-refractivity contribution in [2.75, 3.05) is 0 Å². The summed E-state index contributed by atoms with van der Waals surface area (Å²) in [6.45, 7) is 6.42. The van der Waals surface area contributed by atoms with Crippen molar-refractivity contribution in [2.24, 2.45) is 5.92 Å². The second kappa shape index (κ2) is 7.04. The largest absolute Gasteiger partial charge is 0.478 e. The lowest BCUT2D eigenvalue weighted by Gasteiger charge is -2.17. The fourth-order valence-electron chi connectivity index (χ4n) is 1.43. The number of benzene rings is 1. The highest BCUT2D eigenvalue weighted by Gasteiger charge is 2.09. The molecule has 0 spiro atoms. The van der Waals surface area contributed by atoms with Crippen molar-refractivity contribution in [1.82, 2.24) is 0 Å². The van der Waals surface area contributed by atoms with Crippen LogP contribution >= 0.6 is 0 Å². The maximum atomic E-state index is 13.2. The number of halogens is 1. The van der Waals surface area contributed by atoms with Gasteiger partial charge in [0, 0.05) is 6.08 Å². The predicted octanol–water partition coefficient (Wildman–Crippen LogP) is 3.48. The van der Waals surface area contributed by atoms with E-state index in [9.17, 15) is 9.18 Å². The fraction of sp³-hybridized carbons (Fsp3) is 0.400. The summed E-state index contributed by atoms with van der Waals surface area (Å²) in [6.07, 6.45) is 2.45. The topological polar surface area (TPSA) is 46.5 Å². The van der Waals surface area contributed by atoms with Gasteiger partial charge in [-0.15, -0.1) is 0 Å². The third-order valence-electron chi connectivity index (χ3n) is 2.95. The van der Waals surface area contributed by atoms with Gasteiger partial charge in [0.05, 0.1) is 12.7 Å². The van der Waals surface area contributed by atoms with Crippen LogP contribution in [-0.2, 0) is 16.1 Å². The summed E-state index contributed by atoms with van der Waals surface area (Å²) < 4.78 is 18.8. The first-order valence-corrected chi connectivity index (χ1v) is 6.21. The molecule has 1 atom stereocenters. The molecule has 0 fully saturated rings. The summed E-state index contributed by atoms with van der Waals surface area (Å²) in [4.78, 5) is 10.5. The normalized spacial score (nSPS) is 13.1. The van der Waals surface area contributed by atoms with Gasteiger partial charge in [-0.2, -0.15) is 0 Å². The molecule has 1 aromatic carbocycles. The van der Waals surface area contributed by atoms with Crippen LogP contribution < -0.4 is 0 Å². The average molecular weight is 266 g/mol. The minimum atomic E-state index is -1.06. The molecule has 1 N–H and O–H groups in total. The molecule has 0 aromatic heterocycles. The van der Waals surface area contributed by atoms with E-state index in [0.717, 1.165) is 11.6 Å². The fourth-order valence-corrected chi connectivity index (χ4v) is 1.43. The third kappa shape index (κ3) is 5.22. The first-order valence-electron chi connectivity index (χ1n) is 6.21. The monoisotopic (exact) mass is 266 g/mol. The quantitative estimate of drug-likeness (QED) is 0.802. The van der Waals surface area contributed by atoms with Crippen LogP contribution in [0.1, 0.15) is 31.9 Å². The van der Waals surface area contributed by atoms with Crippen molar-refractivity contribution < 1.29 is 19.0 Å². The van der Waals surface area contributed by atoms with E-state index in [1.807, 2.05) is 6.92 Å². The van der Waals surface area contributed by atoms with E-state index < -0.39 is 11.8 Å². The first kappa shape index (κ1) is 15.4. The molecule has 0 radical (unpaired) electrons. The van der Waals surface area contributed by atoms with Gasteiger partial charge in [-0.25, -0.2) is 9.18 Å². The summed E-state index contributed by atoms with van der Waals surface area (Å²) in [5.41, 5.74) is 1.30. The molecule has 0 amide bonds. The van der Waals surface area contributed by atoms with Crippen molar-refractivity contribution in [2.45, 2.75) is 33.5 Å². The molecule has 3 nitrogen and oxygen atoms in total. The van der Waals surface area contributed by atoms with Crippen LogP contribution in [-0.4, -0.2) is 17.2 Å². The standard InChI is InChI=1S/C15H19FO3/c1-10(2)11(3)19-9-13-4-6-14(16)8-12(13)5-7-15(17)18/h4-8,10-11H,9H2,1-3H3,(H,17,18). The van der Waals surface area contributed by atoms with Crippen molar-refractivity contribution in [1.29, 1.82) is 0 Å². The van der Waals surface area contributed by atoms with Crippen LogP contribution in [0.15, 0.2) is 24.3 Å². The van der Waals surface area contributed by atoms with Gasteiger partial charge in [-0.3, -0.25) is 0 Å². The number of hydrogen-bond donors (Lipinski definition) is 1. The molecule has 0 heterocycles. The molecular formula is C15H19FO3. The number of ether oxygens (including phenoxy) is 1. The Bertz CT molecular complexity index is 466. The van der Waals surface area contributed by atoms with Crippen LogP contribution in [0, 0.1) is 11.7 Å². The molecule has 0 bridgehead atoms. The van der Waals surface area contributed by atoms with Crippen molar-refractivity contribution in [3.63, 3.8) is 0 Å². The molecule has 19 heavy (non-hydrogen) atoms. The lowest BCUT2D eigenvalue weighted by Crippen LogP contribution is -2.15. The Hall–Kier alpha value is -1.68. The Labute approximate surface area is 112 Å². The van der Waals surface area contributed by atoms with Gasteiger partial charge in [-0.1, -0.05) is 19.9 Å². The van der Waals surface area contributed by atoms with Gasteiger partial charge in [0.15, 0.2) is 0 Å². The number of rotatable bonds is 6. The summed E-state index contributed by atoms with van der Waals surface area (Å²) in [6, 6.07) is 4.26. The van der Waals surface area contributed by atoms with E-state index >= 15 is 0 Å². The Kier molecular flexibility index (Phi) is 5.70. The molecule has 0 aliphatic heterocycles. The Morgan fingerprint density at radius 1 is 1.42 bits per heavy atom. The summed E-state index contributed by atoms with van der Waals surface area (Å²) in [7, 11) is 0. The number of carbonyl (C=O) groups is 1. The Morgan fingerprint density at radius 3 is 2.68 bits per heavy atom. The molecule has 104 valence electrons. The number of hydrogen-bond acceptors (Lipinski definition) is 2. The lowest BCUT2D eigenvalue weighted by molar-refractivity contribution is -0.131. The molecule has 1 rings (SSSR count). The highest BCUT2D eigenvalue weighted by atomic mass is 19.1. The second-order valence-corrected chi connectivity index (χ2v) is 4.77. The second-order valence-electron chi connectivity index (χ2n) is 4.77. The van der Waals surface area contributed by atoms with E-state index in [4.69, 9.17) is 9.84 Å². The van der Waals surface area contributed by atoms with Crippen LogP contribution in [0.3, 0.4) is 0 Å². The first-order chi connectivity index (χ1) is 8.90. The van der Waals surface area contributed by atoms with Crippen molar-refractivity contribution >= 4 is 12.0 Å². The minimum Gasteiger partial charge on any atom is -0.478 e. The molecule has 1 unspecified atom stereocenters. The van der Waals surface area contributed by atoms with Crippen LogP contribution in [0.4, 0.5) is 4.39 Å². The maximum Gasteiger partial charge on any atom is 0.328 e. The number of carboxylic acid groups (broad SMARTS) is 1. The van der Waals surface area contributed by atoms with E-state index in [-0.39, 0.29) is 6.10 Å². The zero-order valence-corrected chi connectivity index (χ0v) is 11.4. The highest BCUT2D eigenvalue weighted by Crippen LogP contribution is 2.16. The summed E-state index contributed by atoms with van der Waals surface area (Å²) in [5, 5.41) is 8.61. The van der Waals surface area contributed by atoms with Crippen LogP contribution in [0.25, 0.3) is 6.08 Å². The number of carboxylic acids is 1. The molecule has 4 heteroatoms. The van der Waals surface area contributed by atoms with Gasteiger partial charge in [-0.05, 0) is 42.2 Å². The van der Waals surface area contributed by atoms with Crippen molar-refractivity contribution in [3.05, 3.63) is 41.2 Å². The third-order valence-corrected chi connectivity index (χ3v) is 2.95. The van der Waals surface area contributed by atoms with Crippen molar-refractivity contribution in [3.8, 4) is 0 Å². The average Bonchev–Trinajstić information content (AvgIpc) is 2.34. The maximum absolute atomic E-state index is 13.2. The predicted molar refractivity (Wildman–Crippen MR) is 72.2 cm³/mol. The number of aliphatic carboxylic acids is 1. The SMILES string of the molecule is CC(C)C(C)OCc1ccc(F)cc1C=CC(=O)O. The van der Waals surface area contributed by atoms with Gasteiger partial charge >= 0.3 is 5.97 Å². The van der Waals surface area contributed by atoms with Gasteiger partial charge in [0.1, 0.15) is 5.82 Å². The molecule has 0 aliphatic carbocycles. The van der Waals surface area contributed by atoms with Gasteiger partial charge < -0.3 is 9.84 Å². The van der Waals surface area contributed by atoms with Gasteiger partial charge in [0.2, 0.25) is 0 Å². The van der Waals surface area contributed by atoms with Gasteiger partial charge in [0.25, 0.3) is 0 Å². The van der Waals surface area contributed by atoms with Crippen LogP contribution in [0.2, 0.25) is 0 Å². The molecular weight excluding hydrogens is 247 g/mol. The van der Waals surface area contributed by atoms with E-state index in [0.29, 0.717) is 18.1 Å². The zero-order valence-electron chi connectivity index (χ0n) is 11.4. The van der Waals surface area contributed by atoms with E-state index in [2.05, 4.69) is 13.8 Å². The molecule has 1 aromatic rings. The smallest absolute Gasteiger partial charge is 0.328 e. The van der Waals surface area contributed by atoms with E-state index in [1.54, 1.807) is 6.07 Å². The lowest BCUT2D eigenvalue weighted by atomic mass is 10.1. The molecule has 0 aliphatic rings. The Morgan fingerprint density at radius 2 is 2.11 bits per heavy atom. The minimum absolute atomic E-state index is 0.0846. The highest BCUT2D eigenvalue weighted by molar-refractivity contribution is 5.85. The molecule has 0 saturated carbocycles. The summed E-state index contributed by atoms with van der Waals surface area (Å²) >= 11 is 0. The zero-order chi connectivity index (χ0) is 14.4. The van der Waals surface area contributed by atoms with Crippen LogP contribution in [0.5, 0.6) is 0 Å². The summed E-state index contributed by atoms with van der Waals surface area (Å²) in [5.74, 6) is -1.07. The van der Waals surface area contributed by atoms with E-state index in [1.165, 1.54) is 18.2 Å². The Balaban J connectivity index is 2.85. The molecule has 0 saturated heterocycles.